The van der Waals surface area contributed by atoms with Crippen LogP contribution in [0.1, 0.15) is 6.42 Å². The molecule has 10 heavy (non-hydrogen) atoms. The molecule has 0 amide bonds. The van der Waals surface area contributed by atoms with Crippen molar-refractivity contribution >= 4 is 6.21 Å². The fourth-order valence-electron chi connectivity index (χ4n) is 1.32. The molecule has 1 heterocycles. The second-order valence-corrected chi connectivity index (χ2v) is 2.60. The molecule has 0 aromatic rings. The lowest BCUT2D eigenvalue weighted by molar-refractivity contribution is -0.371. The number of allylic oxidation sites excluding steroid dienone is 5. The molecule has 1 atom stereocenters. The Kier molecular flexibility index (Phi) is 1.28. The van der Waals surface area contributed by atoms with Crippen molar-refractivity contribution in [1.82, 2.24) is 0 Å². The first kappa shape index (κ1) is 5.66. The van der Waals surface area contributed by atoms with E-state index in [4.69, 9.17) is 0 Å². The van der Waals surface area contributed by atoms with Gasteiger partial charge >= 0.3 is 0 Å². The molecule has 50 valence electrons. The van der Waals surface area contributed by atoms with Gasteiger partial charge in [-0.2, -0.15) is 0 Å². The zero-order valence-corrected chi connectivity index (χ0v) is 5.75. The molecule has 1 unspecified atom stereocenters. The molecule has 1 aliphatic carbocycles. The summed E-state index contributed by atoms with van der Waals surface area (Å²) in [4.78, 5) is 3.10. The third-order valence-corrected chi connectivity index (χ3v) is 1.91. The SMILES string of the molecule is C1=CCC2C=[NH+]C=CC2=C1. The van der Waals surface area contributed by atoms with E-state index in [0.717, 1.165) is 6.42 Å². The number of fused-ring (bicyclic) bond motifs is 1. The fraction of sp³-hybridized carbons (Fsp3) is 0.222. The number of hydrogen-bond donors (Lipinski definition) is 1. The monoisotopic (exact) mass is 132 g/mol. The molecule has 0 aromatic carbocycles. The Morgan fingerprint density at radius 3 is 3.40 bits per heavy atom. The van der Waals surface area contributed by atoms with Crippen LogP contribution < -0.4 is 4.99 Å². The summed E-state index contributed by atoms with van der Waals surface area (Å²) in [7, 11) is 0. The molecule has 1 nitrogen and oxygen atoms in total. The van der Waals surface area contributed by atoms with Gasteiger partial charge in [-0.05, 0) is 12.0 Å². The van der Waals surface area contributed by atoms with Crippen LogP contribution in [0.2, 0.25) is 0 Å². The highest BCUT2D eigenvalue weighted by atomic mass is 14.7. The highest BCUT2D eigenvalue weighted by Crippen LogP contribution is 2.19. The van der Waals surface area contributed by atoms with Crippen LogP contribution >= 0.6 is 0 Å². The van der Waals surface area contributed by atoms with Crippen LogP contribution in [0.25, 0.3) is 0 Å². The topological polar surface area (TPSA) is 14.0 Å². The summed E-state index contributed by atoms with van der Waals surface area (Å²) in [5.74, 6) is 0.606. The molecule has 0 saturated carbocycles. The Hall–Kier alpha value is -1.11. The lowest BCUT2D eigenvalue weighted by Gasteiger charge is -2.12. The highest BCUT2D eigenvalue weighted by molar-refractivity contribution is 5.64. The summed E-state index contributed by atoms with van der Waals surface area (Å²) in [6.07, 6.45) is 13.9. The van der Waals surface area contributed by atoms with Crippen molar-refractivity contribution in [2.24, 2.45) is 5.92 Å². The largest absolute Gasteiger partial charge is 0.221 e. The Balaban J connectivity index is 2.34. The van der Waals surface area contributed by atoms with Crippen LogP contribution in [0.15, 0.2) is 36.1 Å². The maximum atomic E-state index is 3.10. The van der Waals surface area contributed by atoms with Crippen molar-refractivity contribution < 1.29 is 4.99 Å². The molecule has 0 fully saturated rings. The Bertz CT molecular complexity index is 243. The van der Waals surface area contributed by atoms with E-state index in [0.29, 0.717) is 5.92 Å². The Labute approximate surface area is 60.5 Å². The van der Waals surface area contributed by atoms with Crippen LogP contribution in [0.3, 0.4) is 0 Å². The van der Waals surface area contributed by atoms with E-state index < -0.39 is 0 Å². The first-order valence-electron chi connectivity index (χ1n) is 3.59. The van der Waals surface area contributed by atoms with E-state index in [1.807, 2.05) is 6.20 Å². The predicted octanol–water partition coefficient (Wildman–Crippen LogP) is 0.168. The van der Waals surface area contributed by atoms with E-state index in [9.17, 15) is 0 Å². The molecular weight excluding hydrogens is 122 g/mol. The zero-order chi connectivity index (χ0) is 6.81. The normalized spacial score (nSPS) is 28.0. The van der Waals surface area contributed by atoms with Crippen molar-refractivity contribution in [3.63, 3.8) is 0 Å². The lowest BCUT2D eigenvalue weighted by atomic mass is 9.91. The average molecular weight is 132 g/mol. The van der Waals surface area contributed by atoms with E-state index in [1.54, 1.807) is 0 Å². The molecule has 0 aromatic heterocycles. The van der Waals surface area contributed by atoms with Gasteiger partial charge < -0.3 is 0 Å². The third kappa shape index (κ3) is 0.838. The van der Waals surface area contributed by atoms with Gasteiger partial charge in [0.15, 0.2) is 12.4 Å². The van der Waals surface area contributed by atoms with Gasteiger partial charge in [0.25, 0.3) is 0 Å². The van der Waals surface area contributed by atoms with Crippen molar-refractivity contribution in [2.45, 2.75) is 6.42 Å². The Morgan fingerprint density at radius 1 is 1.50 bits per heavy atom. The fourth-order valence-corrected chi connectivity index (χ4v) is 1.32. The molecule has 0 spiro atoms. The van der Waals surface area contributed by atoms with Crippen molar-refractivity contribution in [1.29, 1.82) is 0 Å². The van der Waals surface area contributed by atoms with Gasteiger partial charge in [0.2, 0.25) is 0 Å². The van der Waals surface area contributed by atoms with Crippen LogP contribution in [-0.4, -0.2) is 6.21 Å². The first-order chi connectivity index (χ1) is 4.97. The molecule has 0 saturated heterocycles. The number of rotatable bonds is 0. The smallest absolute Gasteiger partial charge is 0.167 e. The minimum Gasteiger partial charge on any atom is -0.221 e. The zero-order valence-electron chi connectivity index (χ0n) is 5.75. The average Bonchev–Trinajstić information content (AvgIpc) is 2.05. The summed E-state index contributed by atoms with van der Waals surface area (Å²) in [6.45, 7) is 0. The summed E-state index contributed by atoms with van der Waals surface area (Å²) in [5, 5.41) is 0. The number of nitrogens with one attached hydrogen (secondary N) is 1. The first-order valence-corrected chi connectivity index (χ1v) is 3.59. The highest BCUT2D eigenvalue weighted by Gasteiger charge is 2.15. The van der Waals surface area contributed by atoms with Gasteiger partial charge in [-0.3, -0.25) is 0 Å². The van der Waals surface area contributed by atoms with Gasteiger partial charge in [-0.25, -0.2) is 4.99 Å². The van der Waals surface area contributed by atoms with Crippen LogP contribution in [-0.2, 0) is 0 Å². The Morgan fingerprint density at radius 2 is 2.50 bits per heavy atom. The van der Waals surface area contributed by atoms with Crippen LogP contribution in [0.4, 0.5) is 0 Å². The lowest BCUT2D eigenvalue weighted by Crippen LogP contribution is -2.64. The molecule has 2 aliphatic rings. The summed E-state index contributed by atoms with van der Waals surface area (Å²) >= 11 is 0. The molecule has 2 rings (SSSR count). The standard InChI is InChI=1S/C9H9N/c1-2-4-9-7-10-6-5-8(9)3-1/h1-3,5-7,9H,4H2/p+1. The summed E-state index contributed by atoms with van der Waals surface area (Å²) < 4.78 is 0. The van der Waals surface area contributed by atoms with Crippen molar-refractivity contribution in [3.8, 4) is 0 Å². The van der Waals surface area contributed by atoms with Gasteiger partial charge in [-0.1, -0.05) is 18.2 Å². The van der Waals surface area contributed by atoms with Crippen LogP contribution in [0.5, 0.6) is 0 Å². The molecule has 0 radical (unpaired) electrons. The molecule has 0 bridgehead atoms. The van der Waals surface area contributed by atoms with Crippen LogP contribution in [0, 0.1) is 5.92 Å². The quantitative estimate of drug-likeness (QED) is 0.483. The van der Waals surface area contributed by atoms with Gasteiger partial charge in [-0.15, -0.1) is 0 Å². The number of hydrogen-bond acceptors (Lipinski definition) is 0. The van der Waals surface area contributed by atoms with Crippen molar-refractivity contribution in [3.05, 3.63) is 36.1 Å². The van der Waals surface area contributed by atoms with Gasteiger partial charge in [0, 0.05) is 6.08 Å². The van der Waals surface area contributed by atoms with E-state index in [2.05, 4.69) is 35.5 Å². The van der Waals surface area contributed by atoms with Gasteiger partial charge in [0.1, 0.15) is 0 Å². The maximum absolute atomic E-state index is 3.10. The molecular formula is C9H10N+. The summed E-state index contributed by atoms with van der Waals surface area (Å²) in [6, 6.07) is 0. The van der Waals surface area contributed by atoms with E-state index in [1.165, 1.54) is 5.57 Å². The molecule has 1 N–H and O–H groups in total. The van der Waals surface area contributed by atoms with Gasteiger partial charge in [0.05, 0.1) is 5.92 Å². The van der Waals surface area contributed by atoms with Crippen molar-refractivity contribution in [2.75, 3.05) is 0 Å². The predicted molar refractivity (Wildman–Crippen MR) is 41.5 cm³/mol. The summed E-state index contributed by atoms with van der Waals surface area (Å²) in [5.41, 5.74) is 1.42. The minimum absolute atomic E-state index is 0.606. The second-order valence-electron chi connectivity index (χ2n) is 2.60. The molecule has 1 aliphatic heterocycles. The maximum Gasteiger partial charge on any atom is 0.167 e. The second kappa shape index (κ2) is 2.25. The van der Waals surface area contributed by atoms with E-state index in [-0.39, 0.29) is 0 Å². The third-order valence-electron chi connectivity index (χ3n) is 1.91. The van der Waals surface area contributed by atoms with E-state index >= 15 is 0 Å². The minimum atomic E-state index is 0.606. The molecule has 1 heteroatoms.